The zero-order chi connectivity index (χ0) is 18.9. The van der Waals surface area contributed by atoms with E-state index in [9.17, 15) is 9.59 Å². The van der Waals surface area contributed by atoms with Gasteiger partial charge in [0, 0.05) is 24.1 Å². The lowest BCUT2D eigenvalue weighted by Gasteiger charge is -2.18. The molecule has 1 atom stereocenters. The summed E-state index contributed by atoms with van der Waals surface area (Å²) >= 11 is 1.71. The predicted molar refractivity (Wildman–Crippen MR) is 107 cm³/mol. The molecule has 0 spiro atoms. The fourth-order valence-electron chi connectivity index (χ4n) is 2.55. The topological polar surface area (TPSA) is 58.2 Å². The molecule has 2 amide bonds. The number of carbonyl (C=O) groups excluding carboxylic acids is 2. The zero-order valence-electron chi connectivity index (χ0n) is 15.5. The van der Waals surface area contributed by atoms with Gasteiger partial charge in [0.2, 0.25) is 11.8 Å². The lowest BCUT2D eigenvalue weighted by molar-refractivity contribution is -0.122. The zero-order valence-corrected chi connectivity index (χ0v) is 16.4. The van der Waals surface area contributed by atoms with Crippen molar-refractivity contribution >= 4 is 23.6 Å². The molecule has 0 aliphatic rings. The van der Waals surface area contributed by atoms with Gasteiger partial charge in [0.1, 0.15) is 0 Å². The van der Waals surface area contributed by atoms with Crippen LogP contribution in [-0.2, 0) is 9.59 Å². The summed E-state index contributed by atoms with van der Waals surface area (Å²) in [5.41, 5.74) is 3.32. The van der Waals surface area contributed by atoms with Crippen molar-refractivity contribution in [3.05, 3.63) is 65.2 Å². The first-order chi connectivity index (χ1) is 12.4. The first-order valence-electron chi connectivity index (χ1n) is 8.74. The van der Waals surface area contributed by atoms with Gasteiger partial charge in [0.15, 0.2) is 0 Å². The molecule has 0 aliphatic carbocycles. The number of nitrogens with one attached hydrogen (secondary N) is 2. The largest absolute Gasteiger partial charge is 0.355 e. The van der Waals surface area contributed by atoms with E-state index in [1.165, 1.54) is 17.4 Å². The molecular weight excluding hydrogens is 344 g/mol. The Morgan fingerprint density at radius 3 is 2.12 bits per heavy atom. The highest BCUT2D eigenvalue weighted by molar-refractivity contribution is 7.99. The van der Waals surface area contributed by atoms with Crippen molar-refractivity contribution in [2.45, 2.75) is 38.1 Å². The van der Waals surface area contributed by atoms with E-state index in [-0.39, 0.29) is 24.3 Å². The molecule has 0 aliphatic heterocycles. The molecule has 2 aromatic rings. The van der Waals surface area contributed by atoms with Gasteiger partial charge in [-0.3, -0.25) is 9.59 Å². The molecule has 2 N–H and O–H groups in total. The van der Waals surface area contributed by atoms with E-state index in [1.807, 2.05) is 31.2 Å². The maximum Gasteiger partial charge on any atom is 0.222 e. The van der Waals surface area contributed by atoms with Gasteiger partial charge >= 0.3 is 0 Å². The number of thioether (sulfide) groups is 1. The lowest BCUT2D eigenvalue weighted by atomic mass is 10.0. The maximum absolute atomic E-state index is 12.3. The maximum atomic E-state index is 12.3. The van der Waals surface area contributed by atoms with Gasteiger partial charge in [-0.15, -0.1) is 11.8 Å². The van der Waals surface area contributed by atoms with Gasteiger partial charge in [-0.2, -0.15) is 0 Å². The molecule has 0 radical (unpaired) electrons. The highest BCUT2D eigenvalue weighted by Crippen LogP contribution is 2.19. The molecule has 5 heteroatoms. The minimum atomic E-state index is -0.308. The van der Waals surface area contributed by atoms with E-state index >= 15 is 0 Å². The van der Waals surface area contributed by atoms with Gasteiger partial charge in [-0.1, -0.05) is 47.5 Å². The highest BCUT2D eigenvalue weighted by Gasteiger charge is 2.16. The quantitative estimate of drug-likeness (QED) is 0.549. The summed E-state index contributed by atoms with van der Waals surface area (Å²) in [6.45, 7) is 6.14. The number of rotatable bonds is 8. The molecule has 0 saturated heterocycles. The van der Waals surface area contributed by atoms with Crippen molar-refractivity contribution in [3.63, 3.8) is 0 Å². The van der Waals surface area contributed by atoms with Gasteiger partial charge in [-0.05, 0) is 31.5 Å². The Kier molecular flexibility index (Phi) is 7.73. The fourth-order valence-corrected chi connectivity index (χ4v) is 3.32. The van der Waals surface area contributed by atoms with Crippen molar-refractivity contribution in [3.8, 4) is 0 Å². The van der Waals surface area contributed by atoms with Crippen LogP contribution in [0.2, 0.25) is 0 Å². The number of aryl methyl sites for hydroxylation is 2. The van der Waals surface area contributed by atoms with Crippen LogP contribution in [0.4, 0.5) is 0 Å². The Hall–Kier alpha value is -2.27. The number of benzene rings is 2. The van der Waals surface area contributed by atoms with Gasteiger partial charge < -0.3 is 10.6 Å². The van der Waals surface area contributed by atoms with Gasteiger partial charge in [0.25, 0.3) is 0 Å². The Balaban J connectivity index is 1.81. The summed E-state index contributed by atoms with van der Waals surface area (Å²) in [4.78, 5) is 24.9. The summed E-state index contributed by atoms with van der Waals surface area (Å²) in [6, 6.07) is 15.9. The van der Waals surface area contributed by atoms with E-state index in [2.05, 4.69) is 41.8 Å². The van der Waals surface area contributed by atoms with Crippen molar-refractivity contribution in [1.29, 1.82) is 0 Å². The molecule has 4 nitrogen and oxygen atoms in total. The van der Waals surface area contributed by atoms with Crippen molar-refractivity contribution in [1.82, 2.24) is 10.6 Å². The minimum Gasteiger partial charge on any atom is -0.355 e. The van der Waals surface area contributed by atoms with E-state index < -0.39 is 0 Å². The predicted octanol–water partition coefficient (Wildman–Crippen LogP) is 3.78. The summed E-state index contributed by atoms with van der Waals surface area (Å²) in [5.74, 6) is 0.608. The first kappa shape index (κ1) is 20.0. The molecule has 0 fully saturated rings. The number of amides is 2. The number of hydrogen-bond donors (Lipinski definition) is 2. The third-order valence-electron chi connectivity index (χ3n) is 3.96. The molecule has 2 rings (SSSR count). The van der Waals surface area contributed by atoms with Crippen LogP contribution in [0.1, 0.15) is 36.1 Å². The van der Waals surface area contributed by atoms with Crippen LogP contribution in [0.15, 0.2) is 53.4 Å². The summed E-state index contributed by atoms with van der Waals surface area (Å²) in [6.07, 6.45) is 0.234. The number of hydrogen-bond acceptors (Lipinski definition) is 3. The normalized spacial score (nSPS) is 11.7. The van der Waals surface area contributed by atoms with E-state index in [4.69, 9.17) is 0 Å². The monoisotopic (exact) mass is 370 g/mol. The smallest absolute Gasteiger partial charge is 0.222 e. The average molecular weight is 371 g/mol. The molecule has 26 heavy (non-hydrogen) atoms. The molecule has 138 valence electrons. The highest BCUT2D eigenvalue weighted by atomic mass is 32.2. The van der Waals surface area contributed by atoms with Crippen LogP contribution in [0.25, 0.3) is 0 Å². The van der Waals surface area contributed by atoms with E-state index in [0.29, 0.717) is 6.54 Å². The summed E-state index contributed by atoms with van der Waals surface area (Å²) < 4.78 is 0. The van der Waals surface area contributed by atoms with Gasteiger partial charge in [-0.25, -0.2) is 0 Å². The van der Waals surface area contributed by atoms with Crippen molar-refractivity contribution in [2.75, 3.05) is 12.3 Å². The summed E-state index contributed by atoms with van der Waals surface area (Å²) in [5, 5.41) is 5.80. The standard InChI is InChI=1S/C21H26N2O2S/c1-15-4-8-18(9-5-15)20(23-17(3)24)14-21(25)22-12-13-26-19-10-6-16(2)7-11-19/h4-11,20H,12-14H2,1-3H3,(H,22,25)(H,23,24). The molecule has 2 aromatic carbocycles. The van der Waals surface area contributed by atoms with Crippen molar-refractivity contribution < 1.29 is 9.59 Å². The Bertz CT molecular complexity index is 727. The number of carbonyl (C=O) groups is 2. The molecule has 0 heterocycles. The molecule has 0 bridgehead atoms. The van der Waals surface area contributed by atoms with Crippen LogP contribution in [0, 0.1) is 13.8 Å². The second kappa shape index (κ2) is 10.0. The SMILES string of the molecule is CC(=O)NC(CC(=O)NCCSc1ccc(C)cc1)c1ccc(C)cc1. The molecular formula is C21H26N2O2S. The van der Waals surface area contributed by atoms with Crippen LogP contribution in [0.5, 0.6) is 0 Å². The molecule has 0 aromatic heterocycles. The summed E-state index contributed by atoms with van der Waals surface area (Å²) in [7, 11) is 0. The van der Waals surface area contributed by atoms with Gasteiger partial charge in [0.05, 0.1) is 12.5 Å². The minimum absolute atomic E-state index is 0.0613. The van der Waals surface area contributed by atoms with E-state index in [0.717, 1.165) is 16.9 Å². The second-order valence-corrected chi connectivity index (χ2v) is 7.55. The second-order valence-electron chi connectivity index (χ2n) is 6.38. The first-order valence-corrected chi connectivity index (χ1v) is 9.72. The third kappa shape index (κ3) is 6.92. The lowest BCUT2D eigenvalue weighted by Crippen LogP contribution is -2.33. The van der Waals surface area contributed by atoms with Crippen LogP contribution < -0.4 is 10.6 Å². The third-order valence-corrected chi connectivity index (χ3v) is 4.97. The molecule has 1 unspecified atom stereocenters. The Labute approximate surface area is 159 Å². The average Bonchev–Trinajstić information content (AvgIpc) is 2.60. The molecule has 0 saturated carbocycles. The van der Waals surface area contributed by atoms with Crippen LogP contribution in [0.3, 0.4) is 0 Å². The van der Waals surface area contributed by atoms with Crippen LogP contribution >= 0.6 is 11.8 Å². The van der Waals surface area contributed by atoms with Crippen molar-refractivity contribution in [2.24, 2.45) is 0 Å². The van der Waals surface area contributed by atoms with E-state index in [1.54, 1.807) is 11.8 Å². The Morgan fingerprint density at radius 1 is 0.962 bits per heavy atom. The Morgan fingerprint density at radius 2 is 1.54 bits per heavy atom. The fraction of sp³-hybridized carbons (Fsp3) is 0.333. The van der Waals surface area contributed by atoms with Crippen LogP contribution in [-0.4, -0.2) is 24.1 Å².